The first-order valence-electron chi connectivity index (χ1n) is 5.03. The highest BCUT2D eigenvalue weighted by Crippen LogP contribution is 2.02. The van der Waals surface area contributed by atoms with Crippen molar-refractivity contribution < 1.29 is 0 Å². The summed E-state index contributed by atoms with van der Waals surface area (Å²) in [4.78, 5) is 2.35. The van der Waals surface area contributed by atoms with Crippen LogP contribution in [0, 0.1) is 5.92 Å². The average Bonchev–Trinajstić information content (AvgIpc) is 2.03. The number of likely N-dealkylation sites (N-methyl/N-ethyl adjacent to an activating group) is 2. The second kappa shape index (κ2) is 6.44. The van der Waals surface area contributed by atoms with Crippen LogP contribution in [0.15, 0.2) is 0 Å². The van der Waals surface area contributed by atoms with Gasteiger partial charge in [-0.2, -0.15) is 0 Å². The Balaban J connectivity index is 3.77. The fourth-order valence-corrected chi connectivity index (χ4v) is 1.24. The fraction of sp³-hybridized carbons (Fsp3) is 1.00. The van der Waals surface area contributed by atoms with Crippen LogP contribution in [0.25, 0.3) is 0 Å². The highest BCUT2D eigenvalue weighted by Gasteiger charge is 2.12. The van der Waals surface area contributed by atoms with Crippen LogP contribution >= 0.6 is 0 Å². The summed E-state index contributed by atoms with van der Waals surface area (Å²) in [5.74, 6) is 0.721. The van der Waals surface area contributed by atoms with E-state index in [1.54, 1.807) is 0 Å². The molecule has 0 spiro atoms. The molecule has 0 aromatic heterocycles. The summed E-state index contributed by atoms with van der Waals surface area (Å²) in [6.07, 6.45) is 0. The van der Waals surface area contributed by atoms with Gasteiger partial charge in [-0.15, -0.1) is 0 Å². The molecule has 2 heteroatoms. The predicted molar refractivity (Wildman–Crippen MR) is 55.5 cm³/mol. The molecule has 0 saturated carbocycles. The van der Waals surface area contributed by atoms with Gasteiger partial charge in [0, 0.05) is 12.6 Å². The third kappa shape index (κ3) is 4.73. The zero-order valence-corrected chi connectivity index (χ0v) is 9.22. The predicted octanol–water partition coefficient (Wildman–Crippen LogP) is 1.57. The van der Waals surface area contributed by atoms with E-state index in [9.17, 15) is 0 Å². The van der Waals surface area contributed by atoms with Crippen LogP contribution in [0.5, 0.6) is 0 Å². The zero-order valence-electron chi connectivity index (χ0n) is 9.22. The van der Waals surface area contributed by atoms with E-state index in [0.29, 0.717) is 6.04 Å². The number of nitrogens with one attached hydrogen (secondary N) is 1. The molecular formula is C10H24N2. The van der Waals surface area contributed by atoms with Crippen molar-refractivity contribution in [2.75, 3.05) is 26.7 Å². The first-order chi connectivity index (χ1) is 5.61. The SMILES string of the molecule is CCN[C@@H](CN(C)CC)C(C)C. The van der Waals surface area contributed by atoms with Gasteiger partial charge < -0.3 is 10.2 Å². The zero-order chi connectivity index (χ0) is 9.56. The molecule has 0 aromatic carbocycles. The summed E-state index contributed by atoms with van der Waals surface area (Å²) in [6.45, 7) is 12.3. The quantitative estimate of drug-likeness (QED) is 0.654. The Morgan fingerprint density at radius 1 is 1.25 bits per heavy atom. The average molecular weight is 172 g/mol. The Morgan fingerprint density at radius 3 is 2.17 bits per heavy atom. The fourth-order valence-electron chi connectivity index (χ4n) is 1.24. The topological polar surface area (TPSA) is 15.3 Å². The molecule has 0 aromatic rings. The third-order valence-electron chi connectivity index (χ3n) is 2.32. The van der Waals surface area contributed by atoms with Gasteiger partial charge >= 0.3 is 0 Å². The lowest BCUT2D eigenvalue weighted by molar-refractivity contribution is 0.266. The van der Waals surface area contributed by atoms with E-state index >= 15 is 0 Å². The van der Waals surface area contributed by atoms with Gasteiger partial charge in [0.25, 0.3) is 0 Å². The summed E-state index contributed by atoms with van der Waals surface area (Å²) in [5, 5.41) is 3.51. The molecule has 0 aliphatic heterocycles. The van der Waals surface area contributed by atoms with E-state index in [1.165, 1.54) is 0 Å². The first-order valence-corrected chi connectivity index (χ1v) is 5.03. The van der Waals surface area contributed by atoms with Crippen molar-refractivity contribution in [3.63, 3.8) is 0 Å². The Hall–Kier alpha value is -0.0800. The van der Waals surface area contributed by atoms with Crippen molar-refractivity contribution in [3.8, 4) is 0 Å². The molecule has 0 aliphatic carbocycles. The van der Waals surface area contributed by atoms with Crippen LogP contribution in [0.4, 0.5) is 0 Å². The highest BCUT2D eigenvalue weighted by atomic mass is 15.1. The number of nitrogens with zero attached hydrogens (tertiary/aromatic N) is 1. The van der Waals surface area contributed by atoms with Crippen LogP contribution in [-0.2, 0) is 0 Å². The smallest absolute Gasteiger partial charge is 0.0217 e. The molecule has 0 radical (unpaired) electrons. The summed E-state index contributed by atoms with van der Waals surface area (Å²) in [7, 11) is 2.17. The molecule has 0 fully saturated rings. The molecule has 2 nitrogen and oxygen atoms in total. The molecule has 0 aliphatic rings. The van der Waals surface area contributed by atoms with E-state index < -0.39 is 0 Å². The monoisotopic (exact) mass is 172 g/mol. The maximum atomic E-state index is 3.51. The molecule has 0 heterocycles. The number of hydrogen-bond acceptors (Lipinski definition) is 2. The summed E-state index contributed by atoms with van der Waals surface area (Å²) >= 11 is 0. The van der Waals surface area contributed by atoms with Crippen LogP contribution < -0.4 is 5.32 Å². The maximum absolute atomic E-state index is 3.51. The van der Waals surface area contributed by atoms with Crippen LogP contribution in [0.1, 0.15) is 27.7 Å². The van der Waals surface area contributed by atoms with E-state index in [-0.39, 0.29) is 0 Å². The van der Waals surface area contributed by atoms with Crippen LogP contribution in [0.2, 0.25) is 0 Å². The lowest BCUT2D eigenvalue weighted by Crippen LogP contribution is -2.42. The van der Waals surface area contributed by atoms with Crippen molar-refractivity contribution in [2.24, 2.45) is 5.92 Å². The summed E-state index contributed by atoms with van der Waals surface area (Å²) in [5.41, 5.74) is 0. The normalized spacial score (nSPS) is 14.2. The summed E-state index contributed by atoms with van der Waals surface area (Å²) < 4.78 is 0. The van der Waals surface area contributed by atoms with Gasteiger partial charge in [-0.3, -0.25) is 0 Å². The van der Waals surface area contributed by atoms with Crippen molar-refractivity contribution in [3.05, 3.63) is 0 Å². The standard InChI is InChI=1S/C10H24N2/c1-6-11-10(9(3)4)8-12(5)7-2/h9-11H,6-8H2,1-5H3/t10-/m0/s1. The molecule has 12 heavy (non-hydrogen) atoms. The Labute approximate surface area is 77.3 Å². The molecule has 0 bridgehead atoms. The van der Waals surface area contributed by atoms with Gasteiger partial charge in [0.1, 0.15) is 0 Å². The van der Waals surface area contributed by atoms with Gasteiger partial charge in [0.2, 0.25) is 0 Å². The number of hydrogen-bond donors (Lipinski definition) is 1. The largest absolute Gasteiger partial charge is 0.313 e. The molecule has 1 N–H and O–H groups in total. The van der Waals surface area contributed by atoms with Crippen molar-refractivity contribution in [1.29, 1.82) is 0 Å². The Morgan fingerprint density at radius 2 is 1.83 bits per heavy atom. The minimum absolute atomic E-state index is 0.639. The van der Waals surface area contributed by atoms with E-state index in [0.717, 1.165) is 25.6 Å². The maximum Gasteiger partial charge on any atom is 0.0217 e. The second-order valence-electron chi connectivity index (χ2n) is 3.76. The van der Waals surface area contributed by atoms with Crippen molar-refractivity contribution in [1.82, 2.24) is 10.2 Å². The minimum atomic E-state index is 0.639. The third-order valence-corrected chi connectivity index (χ3v) is 2.32. The lowest BCUT2D eigenvalue weighted by Gasteiger charge is -2.26. The summed E-state index contributed by atoms with van der Waals surface area (Å²) in [6, 6.07) is 0.639. The van der Waals surface area contributed by atoms with E-state index in [4.69, 9.17) is 0 Å². The lowest BCUT2D eigenvalue weighted by atomic mass is 10.0. The molecule has 0 unspecified atom stereocenters. The van der Waals surface area contributed by atoms with Crippen LogP contribution in [0.3, 0.4) is 0 Å². The second-order valence-corrected chi connectivity index (χ2v) is 3.76. The molecule has 74 valence electrons. The first kappa shape index (κ1) is 11.9. The van der Waals surface area contributed by atoms with E-state index in [1.807, 2.05) is 0 Å². The van der Waals surface area contributed by atoms with Gasteiger partial charge in [0.15, 0.2) is 0 Å². The highest BCUT2D eigenvalue weighted by molar-refractivity contribution is 4.72. The molecule has 0 saturated heterocycles. The van der Waals surface area contributed by atoms with Gasteiger partial charge in [-0.1, -0.05) is 27.7 Å². The molecule has 1 atom stereocenters. The van der Waals surface area contributed by atoms with Gasteiger partial charge in [0.05, 0.1) is 0 Å². The number of rotatable bonds is 6. The Kier molecular flexibility index (Phi) is 6.39. The van der Waals surface area contributed by atoms with Crippen molar-refractivity contribution >= 4 is 0 Å². The van der Waals surface area contributed by atoms with Gasteiger partial charge in [-0.05, 0) is 26.1 Å². The molecular weight excluding hydrogens is 148 g/mol. The minimum Gasteiger partial charge on any atom is -0.313 e. The van der Waals surface area contributed by atoms with Crippen molar-refractivity contribution in [2.45, 2.75) is 33.7 Å². The van der Waals surface area contributed by atoms with E-state index in [2.05, 4.69) is 45.0 Å². The molecule has 0 rings (SSSR count). The molecule has 0 amide bonds. The Bertz CT molecular complexity index is 102. The van der Waals surface area contributed by atoms with Crippen LogP contribution in [-0.4, -0.2) is 37.6 Å². The van der Waals surface area contributed by atoms with Gasteiger partial charge in [-0.25, -0.2) is 0 Å².